The van der Waals surface area contributed by atoms with Crippen molar-refractivity contribution in [3.05, 3.63) is 22.1 Å². The average molecular weight is 256 g/mol. The summed E-state index contributed by atoms with van der Waals surface area (Å²) in [5.41, 5.74) is 5.60. The van der Waals surface area contributed by atoms with Crippen molar-refractivity contribution in [3.8, 4) is 0 Å². The second kappa shape index (κ2) is 4.52. The van der Waals surface area contributed by atoms with E-state index < -0.39 is 9.84 Å². The van der Waals surface area contributed by atoms with Crippen molar-refractivity contribution < 1.29 is 13.2 Å². The number of nitrogens with zero attached hydrogens (tertiary/aromatic N) is 1. The third-order valence-corrected chi connectivity index (χ3v) is 4.44. The van der Waals surface area contributed by atoms with Gasteiger partial charge in [-0.3, -0.25) is 4.79 Å². The zero-order chi connectivity index (χ0) is 12.5. The molecule has 2 aliphatic rings. The number of carbonyl (C=O) groups excluding carboxylic acids is 1. The van der Waals surface area contributed by atoms with E-state index in [0.29, 0.717) is 13.1 Å². The number of rotatable bonds is 1. The third-order valence-electron chi connectivity index (χ3n) is 3.11. The molecular formula is C11H16N2O3S. The number of sulfone groups is 1. The van der Waals surface area contributed by atoms with E-state index in [-0.39, 0.29) is 16.5 Å². The normalized spacial score (nSPS) is 23.9. The Morgan fingerprint density at radius 3 is 2.24 bits per heavy atom. The lowest BCUT2D eigenvalue weighted by atomic mass is 10.2. The Balaban J connectivity index is 2.21. The highest BCUT2D eigenvalue weighted by Crippen LogP contribution is 2.22. The molecule has 17 heavy (non-hydrogen) atoms. The quantitative estimate of drug-likeness (QED) is 0.741. The molecule has 0 radical (unpaired) electrons. The summed E-state index contributed by atoms with van der Waals surface area (Å²) in [5, 5.41) is 0.680. The molecule has 0 spiro atoms. The number of likely N-dealkylation sites (tertiary alicyclic amines) is 1. The van der Waals surface area contributed by atoms with E-state index in [1.165, 1.54) is 6.08 Å². The minimum Gasteiger partial charge on any atom is -0.389 e. The van der Waals surface area contributed by atoms with Crippen molar-refractivity contribution in [2.75, 3.05) is 13.1 Å². The Morgan fingerprint density at radius 1 is 1.18 bits per heavy atom. The fraction of sp³-hybridized carbons (Fsp3) is 0.545. The van der Waals surface area contributed by atoms with Gasteiger partial charge in [0.1, 0.15) is 5.03 Å². The van der Waals surface area contributed by atoms with E-state index in [1.807, 2.05) is 0 Å². The van der Waals surface area contributed by atoms with E-state index in [0.717, 1.165) is 31.1 Å². The van der Waals surface area contributed by atoms with Crippen LogP contribution in [-0.2, 0) is 14.6 Å². The van der Waals surface area contributed by atoms with E-state index in [9.17, 15) is 13.2 Å². The zero-order valence-electron chi connectivity index (χ0n) is 9.55. The number of nitrogens with two attached hydrogens (primary N) is 1. The minimum atomic E-state index is -3.54. The summed E-state index contributed by atoms with van der Waals surface area (Å²) in [7, 11) is -3.54. The molecule has 94 valence electrons. The molecule has 0 unspecified atom stereocenters. The fourth-order valence-corrected chi connectivity index (χ4v) is 3.01. The Labute approximate surface area is 101 Å². The lowest BCUT2D eigenvalue weighted by molar-refractivity contribution is -0.126. The van der Waals surface area contributed by atoms with Gasteiger partial charge in [-0.15, -0.1) is 0 Å². The lowest BCUT2D eigenvalue weighted by Gasteiger charge is -2.20. The minimum absolute atomic E-state index is 0.118. The van der Waals surface area contributed by atoms with E-state index in [1.54, 1.807) is 4.90 Å². The molecule has 5 nitrogen and oxygen atoms in total. The van der Waals surface area contributed by atoms with Gasteiger partial charge in [0, 0.05) is 18.5 Å². The molecule has 0 saturated carbocycles. The zero-order valence-corrected chi connectivity index (χ0v) is 10.4. The highest BCUT2D eigenvalue weighted by molar-refractivity contribution is 7.98. The van der Waals surface area contributed by atoms with Crippen molar-refractivity contribution in [2.45, 2.75) is 25.7 Å². The van der Waals surface area contributed by atoms with Crippen molar-refractivity contribution in [1.29, 1.82) is 0 Å². The number of hydrogen-bond acceptors (Lipinski definition) is 4. The molecule has 2 rings (SSSR count). The Morgan fingerprint density at radius 2 is 1.76 bits per heavy atom. The molecule has 0 aromatic carbocycles. The van der Waals surface area contributed by atoms with Gasteiger partial charge < -0.3 is 10.6 Å². The van der Waals surface area contributed by atoms with Crippen LogP contribution in [0.4, 0.5) is 0 Å². The number of hydrogen-bond donors (Lipinski definition) is 1. The van der Waals surface area contributed by atoms with Gasteiger partial charge in [-0.2, -0.15) is 0 Å². The van der Waals surface area contributed by atoms with Gasteiger partial charge in [-0.05, 0) is 18.9 Å². The van der Waals surface area contributed by atoms with E-state index in [2.05, 4.69) is 0 Å². The van der Waals surface area contributed by atoms with Crippen LogP contribution in [0.3, 0.4) is 0 Å². The van der Waals surface area contributed by atoms with Gasteiger partial charge in [0.25, 0.3) is 5.91 Å². The van der Waals surface area contributed by atoms with Gasteiger partial charge in [-0.25, -0.2) is 8.42 Å². The molecule has 2 heterocycles. The summed E-state index contributed by atoms with van der Waals surface area (Å²) in [6, 6.07) is 0. The maximum absolute atomic E-state index is 12.1. The predicted octanol–water partition coefficient (Wildman–Crippen LogP) is 0.501. The van der Waals surface area contributed by atoms with Crippen molar-refractivity contribution in [2.24, 2.45) is 5.73 Å². The molecule has 1 fully saturated rings. The molecule has 0 aromatic rings. The molecular weight excluding hydrogens is 240 g/mol. The van der Waals surface area contributed by atoms with Gasteiger partial charge in [0.05, 0.1) is 5.57 Å². The van der Waals surface area contributed by atoms with E-state index >= 15 is 0 Å². The van der Waals surface area contributed by atoms with Gasteiger partial charge in [0.15, 0.2) is 0 Å². The molecule has 6 heteroatoms. The first-order valence-electron chi connectivity index (χ1n) is 5.74. The molecule has 2 aliphatic heterocycles. The second-order valence-electron chi connectivity index (χ2n) is 4.33. The standard InChI is InChI=1S/C11H16N2O3S/c12-10-9(5-8-17(10,15)16)11(14)13-6-3-1-2-4-7-13/h5,8H,1-4,6-7,12H2. The molecule has 1 amide bonds. The molecule has 1 saturated heterocycles. The molecule has 0 atom stereocenters. The monoisotopic (exact) mass is 256 g/mol. The van der Waals surface area contributed by atoms with E-state index in [4.69, 9.17) is 5.73 Å². The third kappa shape index (κ3) is 2.36. The SMILES string of the molecule is NC1=C(C(=O)N2CCCCCC2)C=CS1(=O)=O. The van der Waals surface area contributed by atoms with Gasteiger partial charge >= 0.3 is 0 Å². The van der Waals surface area contributed by atoms with Gasteiger partial charge in [0.2, 0.25) is 9.84 Å². The largest absolute Gasteiger partial charge is 0.389 e. The summed E-state index contributed by atoms with van der Waals surface area (Å²) < 4.78 is 22.8. The van der Waals surface area contributed by atoms with Crippen LogP contribution in [0.15, 0.2) is 22.1 Å². The Hall–Kier alpha value is -1.30. The van der Waals surface area contributed by atoms with Crippen molar-refractivity contribution in [1.82, 2.24) is 4.90 Å². The maximum Gasteiger partial charge on any atom is 0.256 e. The van der Waals surface area contributed by atoms with Crippen LogP contribution in [0.2, 0.25) is 0 Å². The van der Waals surface area contributed by atoms with Crippen LogP contribution in [0.5, 0.6) is 0 Å². The lowest BCUT2D eigenvalue weighted by Crippen LogP contribution is -2.33. The second-order valence-corrected chi connectivity index (χ2v) is 6.13. The summed E-state index contributed by atoms with van der Waals surface area (Å²) >= 11 is 0. The first kappa shape index (κ1) is 12.2. The fourth-order valence-electron chi connectivity index (χ4n) is 2.09. The van der Waals surface area contributed by atoms with Crippen LogP contribution in [-0.4, -0.2) is 32.3 Å². The summed E-state index contributed by atoms with van der Waals surface area (Å²) in [6.07, 6.45) is 5.47. The van der Waals surface area contributed by atoms with Crippen molar-refractivity contribution in [3.63, 3.8) is 0 Å². The topological polar surface area (TPSA) is 80.5 Å². The Bertz CT molecular complexity index is 483. The first-order valence-corrected chi connectivity index (χ1v) is 7.29. The maximum atomic E-state index is 12.1. The average Bonchev–Trinajstić information content (AvgIpc) is 2.52. The van der Waals surface area contributed by atoms with Crippen LogP contribution in [0.25, 0.3) is 0 Å². The highest BCUT2D eigenvalue weighted by Gasteiger charge is 2.28. The summed E-state index contributed by atoms with van der Waals surface area (Å²) in [5.74, 6) is -0.262. The molecule has 0 bridgehead atoms. The number of carbonyl (C=O) groups is 1. The van der Waals surface area contributed by atoms with Crippen LogP contribution >= 0.6 is 0 Å². The Kier molecular flexibility index (Phi) is 3.24. The van der Waals surface area contributed by atoms with Crippen molar-refractivity contribution >= 4 is 15.7 Å². The predicted molar refractivity (Wildman–Crippen MR) is 64.3 cm³/mol. The summed E-state index contributed by atoms with van der Waals surface area (Å²) in [4.78, 5) is 13.8. The van der Waals surface area contributed by atoms with Gasteiger partial charge in [-0.1, -0.05) is 12.8 Å². The summed E-state index contributed by atoms with van der Waals surface area (Å²) in [6.45, 7) is 1.37. The molecule has 0 aliphatic carbocycles. The first-order chi connectivity index (χ1) is 8.02. The van der Waals surface area contributed by atoms with Crippen LogP contribution < -0.4 is 5.73 Å². The highest BCUT2D eigenvalue weighted by atomic mass is 32.2. The van der Waals surface area contributed by atoms with Crippen LogP contribution in [0, 0.1) is 0 Å². The molecule has 0 aromatic heterocycles. The smallest absolute Gasteiger partial charge is 0.256 e. The number of amides is 1. The molecule has 2 N–H and O–H groups in total. The van der Waals surface area contributed by atoms with Crippen LogP contribution in [0.1, 0.15) is 25.7 Å².